The van der Waals surface area contributed by atoms with Gasteiger partial charge >= 0.3 is 5.97 Å². The van der Waals surface area contributed by atoms with Gasteiger partial charge in [-0.25, -0.2) is 4.79 Å². The van der Waals surface area contributed by atoms with E-state index >= 15 is 0 Å². The van der Waals surface area contributed by atoms with Crippen molar-refractivity contribution >= 4 is 35.2 Å². The molecule has 2 aromatic rings. The Labute approximate surface area is 153 Å². The van der Waals surface area contributed by atoms with Crippen LogP contribution in [0.25, 0.3) is 0 Å². The highest BCUT2D eigenvalue weighted by molar-refractivity contribution is 6.33. The fourth-order valence-electron chi connectivity index (χ4n) is 2.92. The number of ether oxygens (including phenoxy) is 1. The maximum atomic E-state index is 11.6. The lowest BCUT2D eigenvalue weighted by Crippen LogP contribution is -2.29. The predicted octanol–water partition coefficient (Wildman–Crippen LogP) is 4.87. The second kappa shape index (κ2) is 8.17. The van der Waals surface area contributed by atoms with Gasteiger partial charge in [0.1, 0.15) is 0 Å². The van der Waals surface area contributed by atoms with E-state index in [1.165, 1.54) is 32.1 Å². The number of hydrogen-bond acceptors (Lipinski definition) is 4. The van der Waals surface area contributed by atoms with E-state index in [4.69, 9.17) is 16.3 Å². The van der Waals surface area contributed by atoms with Crippen molar-refractivity contribution in [3.05, 3.63) is 58.6 Å². The molecule has 0 aromatic heterocycles. The van der Waals surface area contributed by atoms with Gasteiger partial charge < -0.3 is 9.64 Å². The van der Waals surface area contributed by atoms with Gasteiger partial charge in [-0.05, 0) is 55.2 Å². The molecule has 0 bridgehead atoms. The van der Waals surface area contributed by atoms with Crippen molar-refractivity contribution in [3.8, 4) is 0 Å². The number of halogens is 1. The van der Waals surface area contributed by atoms with E-state index in [-0.39, 0.29) is 0 Å². The molecule has 25 heavy (non-hydrogen) atoms. The largest absolute Gasteiger partial charge is 0.465 e. The number of aliphatic imine (C=N–C) groups is 1. The van der Waals surface area contributed by atoms with Gasteiger partial charge in [-0.2, -0.15) is 0 Å². The smallest absolute Gasteiger partial charge is 0.337 e. The highest BCUT2D eigenvalue weighted by Gasteiger charge is 2.10. The Morgan fingerprint density at radius 2 is 1.84 bits per heavy atom. The number of esters is 1. The first kappa shape index (κ1) is 17.5. The molecular formula is C20H21ClN2O2. The van der Waals surface area contributed by atoms with Crippen molar-refractivity contribution in [3.63, 3.8) is 0 Å². The Balaban J connectivity index is 1.74. The average Bonchev–Trinajstić information content (AvgIpc) is 2.68. The van der Waals surface area contributed by atoms with Gasteiger partial charge in [-0.3, -0.25) is 4.99 Å². The van der Waals surface area contributed by atoms with Crippen LogP contribution in [0, 0.1) is 0 Å². The van der Waals surface area contributed by atoms with E-state index in [1.54, 1.807) is 24.4 Å². The molecule has 3 rings (SSSR count). The third-order valence-corrected chi connectivity index (χ3v) is 4.65. The summed E-state index contributed by atoms with van der Waals surface area (Å²) < 4.78 is 4.73. The number of benzene rings is 2. The summed E-state index contributed by atoms with van der Waals surface area (Å²) in [4.78, 5) is 18.5. The van der Waals surface area contributed by atoms with Gasteiger partial charge in [0.15, 0.2) is 0 Å². The van der Waals surface area contributed by atoms with E-state index in [0.717, 1.165) is 18.7 Å². The normalized spacial score (nSPS) is 14.7. The first-order valence-corrected chi connectivity index (χ1v) is 8.82. The Morgan fingerprint density at radius 1 is 1.12 bits per heavy atom. The molecule has 0 atom stereocenters. The van der Waals surface area contributed by atoms with Crippen LogP contribution in [0.4, 0.5) is 11.4 Å². The van der Waals surface area contributed by atoms with Crippen molar-refractivity contribution in [1.82, 2.24) is 0 Å². The lowest BCUT2D eigenvalue weighted by atomic mass is 10.1. The maximum absolute atomic E-state index is 11.6. The molecule has 2 aromatic carbocycles. The standard InChI is InChI=1S/C20H21ClN2O2/c1-25-20(24)16-7-10-18(21)19(13-16)22-14-15-5-8-17(9-6-15)23-11-3-2-4-12-23/h5-10,13-14H,2-4,11-12H2,1H3. The topological polar surface area (TPSA) is 41.9 Å². The lowest BCUT2D eigenvalue weighted by Gasteiger charge is -2.28. The Hall–Kier alpha value is -2.33. The molecule has 0 N–H and O–H groups in total. The van der Waals surface area contributed by atoms with Crippen LogP contribution < -0.4 is 4.90 Å². The summed E-state index contributed by atoms with van der Waals surface area (Å²) in [6, 6.07) is 13.3. The van der Waals surface area contributed by atoms with E-state index in [1.807, 2.05) is 12.1 Å². The number of nitrogens with zero attached hydrogens (tertiary/aromatic N) is 2. The minimum Gasteiger partial charge on any atom is -0.465 e. The highest BCUT2D eigenvalue weighted by atomic mass is 35.5. The summed E-state index contributed by atoms with van der Waals surface area (Å²) in [5.74, 6) is -0.404. The molecule has 0 spiro atoms. The van der Waals surface area contributed by atoms with Gasteiger partial charge in [0.05, 0.1) is 23.4 Å². The van der Waals surface area contributed by atoms with Gasteiger partial charge in [-0.15, -0.1) is 0 Å². The highest BCUT2D eigenvalue weighted by Crippen LogP contribution is 2.26. The lowest BCUT2D eigenvalue weighted by molar-refractivity contribution is 0.0601. The molecule has 0 radical (unpaired) electrons. The molecule has 1 aliphatic rings. The number of carbonyl (C=O) groups is 1. The van der Waals surface area contributed by atoms with E-state index in [9.17, 15) is 4.79 Å². The van der Waals surface area contributed by atoms with E-state index < -0.39 is 5.97 Å². The average molecular weight is 357 g/mol. The van der Waals surface area contributed by atoms with Gasteiger partial charge in [-0.1, -0.05) is 23.7 Å². The van der Waals surface area contributed by atoms with Crippen molar-refractivity contribution in [1.29, 1.82) is 0 Å². The number of anilines is 1. The van der Waals surface area contributed by atoms with Crippen LogP contribution in [0.2, 0.25) is 5.02 Å². The Morgan fingerprint density at radius 3 is 2.52 bits per heavy atom. The van der Waals surface area contributed by atoms with E-state index in [2.05, 4.69) is 22.0 Å². The number of hydrogen-bond donors (Lipinski definition) is 0. The van der Waals surface area contributed by atoms with Gasteiger partial charge in [0, 0.05) is 25.0 Å². The first-order chi connectivity index (χ1) is 12.2. The van der Waals surface area contributed by atoms with Crippen LogP contribution in [0.15, 0.2) is 47.5 Å². The fourth-order valence-corrected chi connectivity index (χ4v) is 3.09. The summed E-state index contributed by atoms with van der Waals surface area (Å²) in [6.07, 6.45) is 5.60. The minimum absolute atomic E-state index is 0.404. The van der Waals surface area contributed by atoms with Gasteiger partial charge in [0.2, 0.25) is 0 Å². The molecule has 1 heterocycles. The zero-order valence-electron chi connectivity index (χ0n) is 14.2. The number of carbonyl (C=O) groups excluding carboxylic acids is 1. The minimum atomic E-state index is -0.404. The SMILES string of the molecule is COC(=O)c1ccc(Cl)c(N=Cc2ccc(N3CCCCC3)cc2)c1. The first-order valence-electron chi connectivity index (χ1n) is 8.44. The van der Waals surface area contributed by atoms with Crippen LogP contribution in [-0.2, 0) is 4.74 Å². The van der Waals surface area contributed by atoms with Crippen molar-refractivity contribution < 1.29 is 9.53 Å². The molecule has 5 heteroatoms. The predicted molar refractivity (Wildman–Crippen MR) is 103 cm³/mol. The quantitative estimate of drug-likeness (QED) is 0.580. The molecule has 0 saturated carbocycles. The van der Waals surface area contributed by atoms with Crippen molar-refractivity contribution in [2.45, 2.75) is 19.3 Å². The molecule has 1 aliphatic heterocycles. The number of piperidine rings is 1. The van der Waals surface area contributed by atoms with Crippen molar-refractivity contribution in [2.24, 2.45) is 4.99 Å². The Kier molecular flexibility index (Phi) is 5.71. The second-order valence-corrected chi connectivity index (χ2v) is 6.46. The monoisotopic (exact) mass is 356 g/mol. The van der Waals surface area contributed by atoms with Crippen LogP contribution in [0.1, 0.15) is 35.2 Å². The fraction of sp³-hybridized carbons (Fsp3) is 0.300. The van der Waals surface area contributed by atoms with Crippen LogP contribution >= 0.6 is 11.6 Å². The summed E-state index contributed by atoms with van der Waals surface area (Å²) in [5, 5.41) is 0.494. The summed E-state index contributed by atoms with van der Waals surface area (Å²) in [6.45, 7) is 2.26. The van der Waals surface area contributed by atoms with Crippen LogP contribution in [0.5, 0.6) is 0 Å². The number of methoxy groups -OCH3 is 1. The van der Waals surface area contributed by atoms with Gasteiger partial charge in [0.25, 0.3) is 0 Å². The molecule has 4 nitrogen and oxygen atoms in total. The van der Waals surface area contributed by atoms with Crippen molar-refractivity contribution in [2.75, 3.05) is 25.1 Å². The molecule has 0 aliphatic carbocycles. The third kappa shape index (κ3) is 4.40. The van der Waals surface area contributed by atoms with Crippen LogP contribution in [-0.4, -0.2) is 32.4 Å². The molecule has 0 unspecified atom stereocenters. The summed E-state index contributed by atoms with van der Waals surface area (Å²) in [5.41, 5.74) is 3.21. The zero-order chi connectivity index (χ0) is 17.6. The summed E-state index contributed by atoms with van der Waals surface area (Å²) >= 11 is 6.16. The zero-order valence-corrected chi connectivity index (χ0v) is 15.0. The van der Waals surface area contributed by atoms with Crippen LogP contribution in [0.3, 0.4) is 0 Å². The molecule has 130 valence electrons. The maximum Gasteiger partial charge on any atom is 0.337 e. The second-order valence-electron chi connectivity index (χ2n) is 6.06. The molecular weight excluding hydrogens is 336 g/mol. The number of rotatable bonds is 4. The van der Waals surface area contributed by atoms with E-state index in [0.29, 0.717) is 16.3 Å². The molecule has 1 saturated heterocycles. The summed E-state index contributed by atoms with van der Waals surface area (Å²) in [7, 11) is 1.35. The Bertz CT molecular complexity index is 766. The third-order valence-electron chi connectivity index (χ3n) is 4.33. The molecule has 0 amide bonds. The molecule has 1 fully saturated rings.